The predicted molar refractivity (Wildman–Crippen MR) is 208 cm³/mol. The van der Waals surface area contributed by atoms with Crippen molar-refractivity contribution >= 4 is 59.3 Å². The quantitative estimate of drug-likeness (QED) is 0.177. The molecule has 9 rings (SSSR count). The molecule has 0 N–H and O–H groups in total. The Morgan fingerprint density at radius 2 is 0.875 bits per heavy atom. The summed E-state index contributed by atoms with van der Waals surface area (Å²) in [5, 5.41) is 5.08. The van der Waals surface area contributed by atoms with E-state index in [2.05, 4.69) is 193 Å². The van der Waals surface area contributed by atoms with Crippen LogP contribution >= 0.6 is 11.3 Å². The summed E-state index contributed by atoms with van der Waals surface area (Å²) >= 11 is 1.86. The Morgan fingerprint density at radius 1 is 0.333 bits per heavy atom. The maximum atomic E-state index is 2.43. The third-order valence-electron chi connectivity index (χ3n) is 9.29. The van der Waals surface area contributed by atoms with Crippen LogP contribution in [0.5, 0.6) is 0 Å². The Bertz CT molecular complexity index is 2540. The largest absolute Gasteiger partial charge is 0.309 e. The highest BCUT2D eigenvalue weighted by atomic mass is 32.1. The predicted octanol–water partition coefficient (Wildman–Crippen LogP) is 13.7. The first-order valence-corrected chi connectivity index (χ1v) is 17.2. The number of hydrogen-bond acceptors (Lipinski definition) is 2. The van der Waals surface area contributed by atoms with Gasteiger partial charge >= 0.3 is 0 Å². The molecule has 1 aromatic heterocycles. The number of nitrogens with zero attached hydrogens (tertiary/aromatic N) is 1. The van der Waals surface area contributed by atoms with E-state index in [-0.39, 0.29) is 0 Å². The van der Waals surface area contributed by atoms with Gasteiger partial charge in [-0.3, -0.25) is 0 Å². The molecular weight excluding hydrogens is 599 g/mol. The van der Waals surface area contributed by atoms with E-state index in [0.29, 0.717) is 0 Å². The van der Waals surface area contributed by atoms with Gasteiger partial charge in [-0.05, 0) is 69.6 Å². The van der Waals surface area contributed by atoms with E-state index in [1.54, 1.807) is 0 Å². The molecule has 0 amide bonds. The molecule has 0 radical (unpaired) electrons. The molecule has 1 nitrogen and oxygen atoms in total. The van der Waals surface area contributed by atoms with Crippen molar-refractivity contribution < 1.29 is 0 Å². The second-order valence-corrected chi connectivity index (χ2v) is 13.2. The Kier molecular flexibility index (Phi) is 7.07. The van der Waals surface area contributed by atoms with Gasteiger partial charge in [0.25, 0.3) is 0 Å². The van der Waals surface area contributed by atoms with Crippen LogP contribution in [0.1, 0.15) is 0 Å². The van der Waals surface area contributed by atoms with Gasteiger partial charge in [-0.2, -0.15) is 0 Å². The average molecular weight is 630 g/mol. The molecule has 9 aromatic rings. The van der Waals surface area contributed by atoms with E-state index >= 15 is 0 Å². The third kappa shape index (κ3) is 5.04. The van der Waals surface area contributed by atoms with Crippen molar-refractivity contribution in [3.05, 3.63) is 188 Å². The fraction of sp³-hybridized carbons (Fsp3) is 0. The molecule has 0 saturated carbocycles. The van der Waals surface area contributed by atoms with Gasteiger partial charge in [0.15, 0.2) is 0 Å². The van der Waals surface area contributed by atoms with Gasteiger partial charge in [-0.15, -0.1) is 11.3 Å². The van der Waals surface area contributed by atoms with Gasteiger partial charge in [0.1, 0.15) is 0 Å². The molecule has 226 valence electrons. The molecule has 0 aliphatic heterocycles. The van der Waals surface area contributed by atoms with Crippen molar-refractivity contribution in [1.29, 1.82) is 0 Å². The summed E-state index contributed by atoms with van der Waals surface area (Å²) in [6.45, 7) is 0. The fourth-order valence-electron chi connectivity index (χ4n) is 6.91. The number of thiophene rings is 1. The SMILES string of the molecule is c1ccc(-c2ccc(-c3ccc(N(c4ccccc4-c4ccc5c(c4)sc4ccccc45)c4cccc5ccccc45)cc3)cc2)cc1. The molecule has 0 spiro atoms. The van der Waals surface area contributed by atoms with Crippen LogP contribution in [0.25, 0.3) is 64.3 Å². The van der Waals surface area contributed by atoms with E-state index in [1.165, 1.54) is 64.3 Å². The molecule has 2 heteroatoms. The molecule has 0 fully saturated rings. The van der Waals surface area contributed by atoms with Crippen molar-refractivity contribution in [2.75, 3.05) is 4.90 Å². The minimum absolute atomic E-state index is 1.12. The molecular formula is C46H31NS. The average Bonchev–Trinajstić information content (AvgIpc) is 3.54. The summed E-state index contributed by atoms with van der Waals surface area (Å²) in [7, 11) is 0. The highest BCUT2D eigenvalue weighted by Gasteiger charge is 2.19. The topological polar surface area (TPSA) is 3.24 Å². The van der Waals surface area contributed by atoms with Crippen LogP contribution in [0.2, 0.25) is 0 Å². The minimum Gasteiger partial charge on any atom is -0.309 e. The highest BCUT2D eigenvalue weighted by Crippen LogP contribution is 2.45. The second-order valence-electron chi connectivity index (χ2n) is 12.2. The molecule has 0 saturated heterocycles. The summed E-state index contributed by atoms with van der Waals surface area (Å²) in [6.07, 6.45) is 0. The molecule has 0 aliphatic carbocycles. The molecule has 8 aromatic carbocycles. The lowest BCUT2D eigenvalue weighted by atomic mass is 9.98. The van der Waals surface area contributed by atoms with E-state index in [1.807, 2.05) is 11.3 Å². The summed E-state index contributed by atoms with van der Waals surface area (Å²) in [6, 6.07) is 68.1. The third-order valence-corrected chi connectivity index (χ3v) is 10.4. The zero-order valence-electron chi connectivity index (χ0n) is 26.3. The zero-order valence-corrected chi connectivity index (χ0v) is 27.1. The van der Waals surface area contributed by atoms with Gasteiger partial charge in [-0.25, -0.2) is 0 Å². The van der Waals surface area contributed by atoms with E-state index < -0.39 is 0 Å². The van der Waals surface area contributed by atoms with Gasteiger partial charge in [-0.1, -0.05) is 152 Å². The standard InChI is InChI=1S/C46H31NS/c1-2-11-32(12-3-1)33-21-23-34(24-22-33)35-25-28-38(29-26-35)47(44-19-10-14-36-13-4-5-15-39(36)44)43-18-8-6-16-40(43)37-27-30-42-41-17-7-9-20-45(41)48-46(42)31-37/h1-31H. The summed E-state index contributed by atoms with van der Waals surface area (Å²) in [5.74, 6) is 0. The number of para-hydroxylation sites is 1. The van der Waals surface area contributed by atoms with E-state index in [4.69, 9.17) is 0 Å². The molecule has 0 bridgehead atoms. The Hall–Kier alpha value is -5.96. The van der Waals surface area contributed by atoms with Gasteiger partial charge in [0, 0.05) is 36.8 Å². The molecule has 1 heterocycles. The lowest BCUT2D eigenvalue weighted by molar-refractivity contribution is 1.30. The van der Waals surface area contributed by atoms with E-state index in [0.717, 1.165) is 17.1 Å². The van der Waals surface area contributed by atoms with E-state index in [9.17, 15) is 0 Å². The van der Waals surface area contributed by atoms with Crippen LogP contribution in [0.3, 0.4) is 0 Å². The second kappa shape index (κ2) is 12.0. The van der Waals surface area contributed by atoms with Crippen LogP contribution in [0, 0.1) is 0 Å². The molecule has 0 aliphatic rings. The van der Waals surface area contributed by atoms with Crippen molar-refractivity contribution in [3.8, 4) is 33.4 Å². The van der Waals surface area contributed by atoms with Crippen LogP contribution in [0.4, 0.5) is 17.1 Å². The zero-order chi connectivity index (χ0) is 31.9. The fourth-order valence-corrected chi connectivity index (χ4v) is 8.05. The summed E-state index contributed by atoms with van der Waals surface area (Å²) in [5.41, 5.74) is 10.7. The number of hydrogen-bond donors (Lipinski definition) is 0. The first-order chi connectivity index (χ1) is 23.8. The smallest absolute Gasteiger partial charge is 0.0540 e. The Morgan fingerprint density at radius 3 is 1.67 bits per heavy atom. The number of anilines is 3. The summed E-state index contributed by atoms with van der Waals surface area (Å²) < 4.78 is 2.63. The Labute approximate surface area is 284 Å². The van der Waals surface area contributed by atoms with Crippen molar-refractivity contribution in [1.82, 2.24) is 0 Å². The first-order valence-electron chi connectivity index (χ1n) is 16.3. The normalized spacial score (nSPS) is 11.3. The molecule has 0 unspecified atom stereocenters. The highest BCUT2D eigenvalue weighted by molar-refractivity contribution is 7.25. The molecule has 0 atom stereocenters. The number of rotatable bonds is 6. The monoisotopic (exact) mass is 629 g/mol. The minimum atomic E-state index is 1.12. The lowest BCUT2D eigenvalue weighted by Crippen LogP contribution is -2.11. The Balaban J connectivity index is 1.17. The van der Waals surface area contributed by atoms with Crippen molar-refractivity contribution in [2.24, 2.45) is 0 Å². The van der Waals surface area contributed by atoms with Crippen LogP contribution < -0.4 is 4.90 Å². The van der Waals surface area contributed by atoms with Gasteiger partial charge in [0.2, 0.25) is 0 Å². The maximum absolute atomic E-state index is 2.43. The van der Waals surface area contributed by atoms with Crippen LogP contribution in [0.15, 0.2) is 188 Å². The van der Waals surface area contributed by atoms with Crippen LogP contribution in [-0.4, -0.2) is 0 Å². The van der Waals surface area contributed by atoms with Crippen LogP contribution in [-0.2, 0) is 0 Å². The summed E-state index contributed by atoms with van der Waals surface area (Å²) in [4.78, 5) is 2.43. The number of benzene rings is 8. The lowest BCUT2D eigenvalue weighted by Gasteiger charge is -2.29. The van der Waals surface area contributed by atoms with Gasteiger partial charge < -0.3 is 4.90 Å². The first kappa shape index (κ1) is 28.3. The number of fused-ring (bicyclic) bond motifs is 4. The maximum Gasteiger partial charge on any atom is 0.0540 e. The van der Waals surface area contributed by atoms with Crippen molar-refractivity contribution in [2.45, 2.75) is 0 Å². The molecule has 48 heavy (non-hydrogen) atoms. The van der Waals surface area contributed by atoms with Gasteiger partial charge in [0.05, 0.1) is 11.4 Å². The van der Waals surface area contributed by atoms with Crippen molar-refractivity contribution in [3.63, 3.8) is 0 Å².